The molecule has 0 spiro atoms. The highest BCUT2D eigenvalue weighted by Gasteiger charge is 2.16. The molecule has 0 bridgehead atoms. The van der Waals surface area contributed by atoms with Crippen molar-refractivity contribution < 1.29 is 17.6 Å². The second-order valence-corrected chi connectivity index (χ2v) is 9.54. The third kappa shape index (κ3) is 4.02. The fraction of sp³-hybridized carbons (Fsp3) is 0. The van der Waals surface area contributed by atoms with Gasteiger partial charge in [0.15, 0.2) is 0 Å². The lowest BCUT2D eigenvalue weighted by atomic mass is 10.1. The van der Waals surface area contributed by atoms with Gasteiger partial charge in [0.05, 0.1) is 10.6 Å². The number of fused-ring (bicyclic) bond motifs is 3. The quantitative estimate of drug-likeness (QED) is 0.287. The zero-order valence-electron chi connectivity index (χ0n) is 16.1. The van der Waals surface area contributed by atoms with E-state index in [1.807, 2.05) is 54.6 Å². The standard InChI is InChI=1S/C24H16BrNO4S/c25-16-5-8-18(9-6-16)29-19-10-12-20(13-11-19)31(27,28)26-17-7-14-22-21-3-1-2-4-23(21)30-24(22)15-17/h1-15,26H. The second-order valence-electron chi connectivity index (χ2n) is 6.94. The van der Waals surface area contributed by atoms with E-state index in [-0.39, 0.29) is 4.90 Å². The van der Waals surface area contributed by atoms with Crippen LogP contribution in [0.15, 0.2) is 105 Å². The largest absolute Gasteiger partial charge is 0.457 e. The van der Waals surface area contributed by atoms with E-state index in [0.29, 0.717) is 22.8 Å². The summed E-state index contributed by atoms with van der Waals surface area (Å²) in [4.78, 5) is 0.139. The van der Waals surface area contributed by atoms with E-state index >= 15 is 0 Å². The van der Waals surface area contributed by atoms with Crippen molar-refractivity contribution in [3.63, 3.8) is 0 Å². The van der Waals surface area contributed by atoms with Gasteiger partial charge in [0.25, 0.3) is 10.0 Å². The Morgan fingerprint density at radius 2 is 1.39 bits per heavy atom. The van der Waals surface area contributed by atoms with Crippen LogP contribution in [-0.4, -0.2) is 8.42 Å². The monoisotopic (exact) mass is 493 g/mol. The van der Waals surface area contributed by atoms with Crippen LogP contribution in [0.1, 0.15) is 0 Å². The number of ether oxygens (including phenoxy) is 1. The van der Waals surface area contributed by atoms with Gasteiger partial charge in [0, 0.05) is 21.3 Å². The Morgan fingerprint density at radius 1 is 0.742 bits per heavy atom. The van der Waals surface area contributed by atoms with Crippen molar-refractivity contribution in [1.29, 1.82) is 0 Å². The van der Waals surface area contributed by atoms with Gasteiger partial charge in [-0.25, -0.2) is 8.42 Å². The molecule has 0 amide bonds. The fourth-order valence-electron chi connectivity index (χ4n) is 3.33. The van der Waals surface area contributed by atoms with Crippen molar-refractivity contribution in [1.82, 2.24) is 0 Å². The molecule has 0 fully saturated rings. The molecule has 0 radical (unpaired) electrons. The molecule has 1 heterocycles. The molecule has 1 aromatic heterocycles. The van der Waals surface area contributed by atoms with Crippen LogP contribution in [0.3, 0.4) is 0 Å². The summed E-state index contributed by atoms with van der Waals surface area (Å²) >= 11 is 3.38. The average Bonchev–Trinajstić information content (AvgIpc) is 3.13. The Hall–Kier alpha value is -3.29. The number of hydrogen-bond donors (Lipinski definition) is 1. The van der Waals surface area contributed by atoms with Crippen LogP contribution in [0.2, 0.25) is 0 Å². The minimum atomic E-state index is -3.76. The van der Waals surface area contributed by atoms with E-state index in [4.69, 9.17) is 9.15 Å². The molecule has 0 aliphatic heterocycles. The molecule has 5 rings (SSSR count). The Bertz CT molecular complexity index is 1490. The van der Waals surface area contributed by atoms with Crippen LogP contribution in [0.25, 0.3) is 21.9 Å². The maximum atomic E-state index is 12.8. The highest BCUT2D eigenvalue weighted by Crippen LogP contribution is 2.31. The van der Waals surface area contributed by atoms with E-state index in [0.717, 1.165) is 20.8 Å². The Morgan fingerprint density at radius 3 is 2.13 bits per heavy atom. The molecule has 0 atom stereocenters. The molecule has 4 aromatic carbocycles. The zero-order chi connectivity index (χ0) is 21.4. The molecule has 0 saturated heterocycles. The minimum absolute atomic E-state index is 0.139. The SMILES string of the molecule is O=S(=O)(Nc1ccc2c(c1)oc1ccccc12)c1ccc(Oc2ccc(Br)cc2)cc1. The average molecular weight is 494 g/mol. The Balaban J connectivity index is 1.37. The molecule has 5 nitrogen and oxygen atoms in total. The van der Waals surface area contributed by atoms with Gasteiger partial charge in [0.2, 0.25) is 0 Å². The number of rotatable bonds is 5. The lowest BCUT2D eigenvalue weighted by molar-refractivity contribution is 0.482. The maximum absolute atomic E-state index is 12.8. The molecular weight excluding hydrogens is 478 g/mol. The third-order valence-electron chi connectivity index (χ3n) is 4.81. The topological polar surface area (TPSA) is 68.5 Å². The normalized spacial score (nSPS) is 11.6. The van der Waals surface area contributed by atoms with Gasteiger partial charge in [0.1, 0.15) is 22.7 Å². The number of benzene rings is 4. The molecule has 31 heavy (non-hydrogen) atoms. The first-order valence-corrected chi connectivity index (χ1v) is 11.7. The zero-order valence-corrected chi connectivity index (χ0v) is 18.5. The summed E-state index contributed by atoms with van der Waals surface area (Å²) in [5.41, 5.74) is 1.82. The molecular formula is C24H16BrNO4S. The predicted octanol–water partition coefficient (Wildman–Crippen LogP) is 6.94. The smallest absolute Gasteiger partial charge is 0.261 e. The number of nitrogens with one attached hydrogen (secondary N) is 1. The summed E-state index contributed by atoms with van der Waals surface area (Å²) in [6.07, 6.45) is 0. The van der Waals surface area contributed by atoms with Gasteiger partial charge in [-0.05, 0) is 66.7 Å². The van der Waals surface area contributed by atoms with E-state index < -0.39 is 10.0 Å². The van der Waals surface area contributed by atoms with Gasteiger partial charge in [-0.1, -0.05) is 34.1 Å². The lowest BCUT2D eigenvalue weighted by Gasteiger charge is -2.10. The number of furan rings is 1. The first-order chi connectivity index (χ1) is 15.0. The molecule has 1 N–H and O–H groups in total. The lowest BCUT2D eigenvalue weighted by Crippen LogP contribution is -2.12. The Kier molecular flexibility index (Phi) is 4.92. The second kappa shape index (κ2) is 7.76. The van der Waals surface area contributed by atoms with E-state index in [1.165, 1.54) is 12.1 Å². The van der Waals surface area contributed by atoms with Crippen molar-refractivity contribution in [3.8, 4) is 11.5 Å². The van der Waals surface area contributed by atoms with Gasteiger partial charge >= 0.3 is 0 Å². The molecule has 0 unspecified atom stereocenters. The van der Waals surface area contributed by atoms with Crippen LogP contribution >= 0.6 is 15.9 Å². The summed E-state index contributed by atoms with van der Waals surface area (Å²) in [5, 5.41) is 1.93. The van der Waals surface area contributed by atoms with Crippen LogP contribution in [0.5, 0.6) is 11.5 Å². The van der Waals surface area contributed by atoms with Crippen LogP contribution in [0, 0.1) is 0 Å². The molecule has 154 valence electrons. The van der Waals surface area contributed by atoms with Gasteiger partial charge in [-0.15, -0.1) is 0 Å². The highest BCUT2D eigenvalue weighted by atomic mass is 79.9. The molecule has 0 saturated carbocycles. The summed E-state index contributed by atoms with van der Waals surface area (Å²) in [7, 11) is -3.76. The summed E-state index contributed by atoms with van der Waals surface area (Å²) < 4.78 is 40.8. The first-order valence-electron chi connectivity index (χ1n) is 9.46. The summed E-state index contributed by atoms with van der Waals surface area (Å²) in [5.74, 6) is 1.21. The molecule has 0 aliphatic rings. The van der Waals surface area contributed by atoms with E-state index in [9.17, 15) is 8.42 Å². The van der Waals surface area contributed by atoms with Gasteiger partial charge < -0.3 is 9.15 Å². The van der Waals surface area contributed by atoms with Gasteiger partial charge in [-0.3, -0.25) is 4.72 Å². The number of halogens is 1. The minimum Gasteiger partial charge on any atom is -0.457 e. The summed E-state index contributed by atoms with van der Waals surface area (Å²) in [6, 6.07) is 26.6. The van der Waals surface area contributed by atoms with Crippen LogP contribution in [-0.2, 0) is 10.0 Å². The number of sulfonamides is 1. The van der Waals surface area contributed by atoms with E-state index in [2.05, 4.69) is 20.7 Å². The number of para-hydroxylation sites is 1. The van der Waals surface area contributed by atoms with Crippen LogP contribution in [0.4, 0.5) is 5.69 Å². The number of hydrogen-bond acceptors (Lipinski definition) is 4. The maximum Gasteiger partial charge on any atom is 0.261 e. The van der Waals surface area contributed by atoms with Crippen molar-refractivity contribution >= 4 is 53.6 Å². The first kappa shape index (κ1) is 19.7. The van der Waals surface area contributed by atoms with Crippen molar-refractivity contribution in [3.05, 3.63) is 95.5 Å². The molecule has 0 aliphatic carbocycles. The van der Waals surface area contributed by atoms with Gasteiger partial charge in [-0.2, -0.15) is 0 Å². The highest BCUT2D eigenvalue weighted by molar-refractivity contribution is 9.10. The molecule has 5 aromatic rings. The van der Waals surface area contributed by atoms with Crippen molar-refractivity contribution in [2.75, 3.05) is 4.72 Å². The predicted molar refractivity (Wildman–Crippen MR) is 125 cm³/mol. The Labute approximate surface area is 187 Å². The third-order valence-corrected chi connectivity index (χ3v) is 6.74. The summed E-state index contributed by atoms with van der Waals surface area (Å²) in [6.45, 7) is 0. The van der Waals surface area contributed by atoms with Crippen molar-refractivity contribution in [2.24, 2.45) is 0 Å². The number of anilines is 1. The van der Waals surface area contributed by atoms with E-state index in [1.54, 1.807) is 24.3 Å². The fourth-order valence-corrected chi connectivity index (χ4v) is 4.64. The van der Waals surface area contributed by atoms with Crippen LogP contribution < -0.4 is 9.46 Å². The van der Waals surface area contributed by atoms with Crippen molar-refractivity contribution in [2.45, 2.75) is 4.90 Å². The molecule has 7 heteroatoms.